The molecule has 0 spiro atoms. The molecule has 0 bridgehead atoms. The summed E-state index contributed by atoms with van der Waals surface area (Å²) in [5, 5.41) is 5.29. The maximum absolute atomic E-state index is 15.9. The second kappa shape index (κ2) is 26.6. The second-order valence-electron chi connectivity index (χ2n) is 17.4. The van der Waals surface area contributed by atoms with E-state index in [9.17, 15) is 38.4 Å². The number of carbonyl (C=O) groups is 8. The average molecular weight is 1030 g/mol. The molecule has 1 atom stereocenters. The van der Waals surface area contributed by atoms with Crippen molar-refractivity contribution >= 4 is 68.7 Å². The van der Waals surface area contributed by atoms with Gasteiger partial charge in [-0.3, -0.25) is 43.3 Å². The smallest absolute Gasteiger partial charge is 0.306 e. The van der Waals surface area contributed by atoms with Gasteiger partial charge in [0, 0.05) is 79.2 Å². The Morgan fingerprint density at radius 1 is 0.736 bits per heavy atom. The number of hydrogen-bond donors (Lipinski definition) is 2. The van der Waals surface area contributed by atoms with E-state index in [0.717, 1.165) is 28.4 Å². The topological polar surface area (TPSA) is 241 Å². The van der Waals surface area contributed by atoms with E-state index in [2.05, 4.69) is 10.6 Å². The summed E-state index contributed by atoms with van der Waals surface area (Å²) in [7, 11) is 2.70. The molecule has 20 nitrogen and oxygen atoms in total. The van der Waals surface area contributed by atoms with Crippen molar-refractivity contribution in [2.75, 3.05) is 73.5 Å². The minimum atomic E-state index is -0.767. The van der Waals surface area contributed by atoms with Crippen LogP contribution in [0.25, 0.3) is 10.1 Å². The number of hydrogen-bond acceptors (Lipinski definition) is 17. The van der Waals surface area contributed by atoms with Gasteiger partial charge in [0.15, 0.2) is 40.4 Å². The van der Waals surface area contributed by atoms with Crippen molar-refractivity contribution in [3.05, 3.63) is 58.0 Å². The fraction of sp³-hybridized carbons (Fsp3) is 0.510. The molecule has 3 aromatic rings. The largest absolute Gasteiger partial charge is 0.493 e. The summed E-state index contributed by atoms with van der Waals surface area (Å²) in [5.41, 5.74) is 0.134. The van der Waals surface area contributed by atoms with Gasteiger partial charge < -0.3 is 53.4 Å². The van der Waals surface area contributed by atoms with E-state index >= 15 is 8.78 Å². The minimum Gasteiger partial charge on any atom is -0.493 e. The van der Waals surface area contributed by atoms with Crippen LogP contribution in [0.1, 0.15) is 87.0 Å². The summed E-state index contributed by atoms with van der Waals surface area (Å²) in [6.07, 6.45) is 1.03. The number of imide groups is 1. The number of nitrogens with one attached hydrogen (secondary N) is 2. The van der Waals surface area contributed by atoms with Gasteiger partial charge in [0.2, 0.25) is 17.7 Å². The van der Waals surface area contributed by atoms with Gasteiger partial charge in [0.1, 0.15) is 18.2 Å². The van der Waals surface area contributed by atoms with Crippen LogP contribution in [-0.4, -0.2) is 142 Å². The van der Waals surface area contributed by atoms with Crippen LogP contribution in [0.2, 0.25) is 0 Å². The zero-order chi connectivity index (χ0) is 52.5. The lowest BCUT2D eigenvalue weighted by Crippen LogP contribution is -2.41. The van der Waals surface area contributed by atoms with E-state index in [1.807, 2.05) is 0 Å². The van der Waals surface area contributed by atoms with Gasteiger partial charge in [-0.1, -0.05) is 0 Å². The summed E-state index contributed by atoms with van der Waals surface area (Å²) in [4.78, 5) is 100. The summed E-state index contributed by atoms with van der Waals surface area (Å²) in [6, 6.07) is 4.51. The quantitative estimate of drug-likeness (QED) is 0.0422. The van der Waals surface area contributed by atoms with Crippen molar-refractivity contribution in [1.29, 1.82) is 0 Å². The molecule has 5 rings (SSSR count). The number of rotatable bonds is 29. The van der Waals surface area contributed by atoms with E-state index in [4.69, 9.17) is 37.9 Å². The Morgan fingerprint density at radius 2 is 1.38 bits per heavy atom. The van der Waals surface area contributed by atoms with Gasteiger partial charge >= 0.3 is 11.9 Å². The number of ether oxygens (including phenoxy) is 8. The number of carbonyl (C=O) groups excluding carboxylic acids is 8. The van der Waals surface area contributed by atoms with Gasteiger partial charge in [-0.05, 0) is 45.4 Å². The Morgan fingerprint density at radius 3 is 2.04 bits per heavy atom. The molecule has 0 saturated carbocycles. The summed E-state index contributed by atoms with van der Waals surface area (Å²) >= 11 is 1.02. The van der Waals surface area contributed by atoms with E-state index in [-0.39, 0.29) is 162 Å². The lowest BCUT2D eigenvalue weighted by atomic mass is 10.1. The van der Waals surface area contributed by atoms with Crippen LogP contribution in [0.15, 0.2) is 30.4 Å². The van der Waals surface area contributed by atoms with E-state index < -0.39 is 58.8 Å². The van der Waals surface area contributed by atoms with Gasteiger partial charge in [-0.2, -0.15) is 0 Å². The monoisotopic (exact) mass is 1030 g/mol. The Balaban J connectivity index is 0.975. The van der Waals surface area contributed by atoms with Crippen molar-refractivity contribution in [2.24, 2.45) is 0 Å². The van der Waals surface area contributed by atoms with Crippen LogP contribution in [0.4, 0.5) is 8.78 Å². The SMILES string of the molecule is COc1cc2c(c(F)c1OCCCOc1c(OC)cc3sc(C(=O)CCC(=O)O[C@@H](C)CNC(=O)CCOCCOCCNC(=O)CN4C(=O)C=CC4=O)cc3c1F)CN(C(=O)CCC(=O)OC(C)(C)C)C2. The first-order chi connectivity index (χ1) is 34.3. The van der Waals surface area contributed by atoms with Crippen molar-refractivity contribution < 1.29 is 85.0 Å². The molecule has 72 heavy (non-hydrogen) atoms. The number of amides is 5. The van der Waals surface area contributed by atoms with Crippen LogP contribution < -0.4 is 29.6 Å². The highest BCUT2D eigenvalue weighted by Gasteiger charge is 2.31. The predicted octanol–water partition coefficient (Wildman–Crippen LogP) is 4.48. The van der Waals surface area contributed by atoms with Gasteiger partial charge in [-0.25, -0.2) is 8.78 Å². The lowest BCUT2D eigenvalue weighted by Gasteiger charge is -2.20. The zero-order valence-electron chi connectivity index (χ0n) is 41.1. The van der Waals surface area contributed by atoms with Crippen molar-refractivity contribution in [1.82, 2.24) is 20.4 Å². The first-order valence-electron chi connectivity index (χ1n) is 23.2. The molecule has 0 radical (unpaired) electrons. The fourth-order valence-electron chi connectivity index (χ4n) is 7.16. The maximum Gasteiger partial charge on any atom is 0.306 e. The fourth-order valence-corrected chi connectivity index (χ4v) is 8.21. The van der Waals surface area contributed by atoms with E-state index in [1.165, 1.54) is 31.3 Å². The predicted molar refractivity (Wildman–Crippen MR) is 253 cm³/mol. The van der Waals surface area contributed by atoms with E-state index in [1.54, 1.807) is 33.8 Å². The van der Waals surface area contributed by atoms with Crippen LogP contribution in [0, 0.1) is 11.6 Å². The number of Topliss-reactive ketones (excluding diaryl/α,β-unsaturated/α-hetero) is 1. The Kier molecular flexibility index (Phi) is 20.8. The van der Waals surface area contributed by atoms with Gasteiger partial charge in [0.05, 0.1) is 78.1 Å². The van der Waals surface area contributed by atoms with Crippen molar-refractivity contribution in [3.8, 4) is 23.0 Å². The Bertz CT molecular complexity index is 2510. The number of thiophene rings is 1. The molecule has 5 amide bonds. The van der Waals surface area contributed by atoms with Crippen LogP contribution in [0.5, 0.6) is 23.0 Å². The third-order valence-corrected chi connectivity index (χ3v) is 11.8. The number of nitrogens with zero attached hydrogens (tertiary/aromatic N) is 2. The van der Waals surface area contributed by atoms with Crippen LogP contribution in [-0.2, 0) is 65.6 Å². The van der Waals surface area contributed by atoms with Crippen molar-refractivity contribution in [2.45, 2.75) is 91.0 Å². The third-order valence-electron chi connectivity index (χ3n) is 10.7. The summed E-state index contributed by atoms with van der Waals surface area (Å²) in [5.74, 6) is -5.47. The number of benzene rings is 2. The van der Waals surface area contributed by atoms with Crippen LogP contribution in [0.3, 0.4) is 0 Å². The first kappa shape index (κ1) is 56.2. The molecule has 2 N–H and O–H groups in total. The average Bonchev–Trinajstić information content (AvgIpc) is 4.06. The number of methoxy groups -OCH3 is 2. The van der Waals surface area contributed by atoms with Crippen molar-refractivity contribution in [3.63, 3.8) is 0 Å². The molecule has 0 aliphatic carbocycles. The summed E-state index contributed by atoms with van der Waals surface area (Å²) < 4.78 is 75.8. The number of esters is 2. The number of fused-ring (bicyclic) bond motifs is 2. The normalized spacial score (nSPS) is 13.5. The molecule has 1 aromatic heterocycles. The highest BCUT2D eigenvalue weighted by Crippen LogP contribution is 2.41. The molecule has 0 unspecified atom stereocenters. The first-order valence-corrected chi connectivity index (χ1v) is 24.0. The van der Waals surface area contributed by atoms with Crippen LogP contribution >= 0.6 is 11.3 Å². The molecular weight excluding hydrogens is 971 g/mol. The third kappa shape index (κ3) is 16.4. The highest BCUT2D eigenvalue weighted by atomic mass is 32.1. The molecule has 2 aliphatic heterocycles. The molecular formula is C49H60F2N4O16S. The summed E-state index contributed by atoms with van der Waals surface area (Å²) in [6.45, 7) is 7.22. The van der Waals surface area contributed by atoms with Gasteiger partial charge in [0.25, 0.3) is 11.8 Å². The number of ketones is 1. The molecule has 392 valence electrons. The standard InChI is InChI=1S/C49H60F2N4O16S/c1-29(25-53-38(57)14-18-66-20-21-67-19-15-52-39(58)28-55-41(60)9-10-42(55)61)70-43(62)12-8-33(56)37-23-31-36(72-37)24-35(65-6)48(45(31)50)69-17-7-16-68-47-34(64-5)22-30-26-54(27-32(30)46(47)51)40(59)11-13-44(63)71-49(2,3)4/h9-10,22-24,29H,7-8,11-21,25-28H2,1-6H3,(H,52,58)(H,53,57)/t29-/m0/s1. The molecule has 0 fully saturated rings. The highest BCUT2D eigenvalue weighted by molar-refractivity contribution is 7.20. The second-order valence-corrected chi connectivity index (χ2v) is 18.5. The Labute approximate surface area is 418 Å². The Hall–Kier alpha value is -6.72. The van der Waals surface area contributed by atoms with Gasteiger partial charge in [-0.15, -0.1) is 11.3 Å². The molecule has 2 aromatic carbocycles. The zero-order valence-corrected chi connectivity index (χ0v) is 41.9. The molecule has 3 heterocycles. The maximum atomic E-state index is 15.9. The molecule has 0 saturated heterocycles. The minimum absolute atomic E-state index is 0.0177. The molecule has 2 aliphatic rings. The lowest BCUT2D eigenvalue weighted by molar-refractivity contribution is -0.156. The number of halogens is 2. The molecule has 23 heteroatoms. The van der Waals surface area contributed by atoms with E-state index in [0.29, 0.717) is 10.3 Å².